The molecule has 3 nitrogen and oxygen atoms in total. The molecule has 0 saturated carbocycles. The molecule has 1 aromatic heterocycles. The number of H-pyrrole nitrogens is 1. The van der Waals surface area contributed by atoms with Crippen LogP contribution >= 0.6 is 0 Å². The third-order valence-electron chi connectivity index (χ3n) is 2.20. The van der Waals surface area contributed by atoms with Crippen molar-refractivity contribution >= 4 is 11.4 Å². The minimum Gasteiger partial charge on any atom is -0.399 e. The van der Waals surface area contributed by atoms with Gasteiger partial charge in [0.2, 0.25) is 0 Å². The van der Waals surface area contributed by atoms with E-state index in [0.717, 1.165) is 22.6 Å². The molecule has 0 saturated heterocycles. The largest absolute Gasteiger partial charge is 0.399 e. The minimum atomic E-state index is 0.772. The van der Waals surface area contributed by atoms with Crippen LogP contribution in [0.15, 0.2) is 36.5 Å². The Morgan fingerprint density at radius 3 is 2.79 bits per heavy atom. The van der Waals surface area contributed by atoms with E-state index in [-0.39, 0.29) is 0 Å². The Kier molecular flexibility index (Phi) is 2.14. The molecular formula is C11H13N3. The average molecular weight is 187 g/mol. The third-order valence-corrected chi connectivity index (χ3v) is 2.20. The van der Waals surface area contributed by atoms with E-state index < -0.39 is 0 Å². The van der Waals surface area contributed by atoms with E-state index in [0.29, 0.717) is 0 Å². The van der Waals surface area contributed by atoms with E-state index in [9.17, 15) is 0 Å². The molecule has 3 heteroatoms. The van der Waals surface area contributed by atoms with E-state index in [4.69, 9.17) is 5.73 Å². The molecule has 1 aromatic carbocycles. The van der Waals surface area contributed by atoms with E-state index in [2.05, 4.69) is 10.3 Å². The first-order valence-corrected chi connectivity index (χ1v) is 4.52. The summed E-state index contributed by atoms with van der Waals surface area (Å²) in [6.45, 7) is 0. The SMILES string of the molecule is CNc1ccc(N)cc1-c1ccc[nH]1. The van der Waals surface area contributed by atoms with Gasteiger partial charge in [0.25, 0.3) is 0 Å². The smallest absolute Gasteiger partial charge is 0.0475 e. The molecule has 0 atom stereocenters. The van der Waals surface area contributed by atoms with Crippen LogP contribution in [-0.4, -0.2) is 12.0 Å². The Balaban J connectivity index is 2.55. The summed E-state index contributed by atoms with van der Waals surface area (Å²) < 4.78 is 0. The Bertz CT molecular complexity index is 418. The number of nitrogens with one attached hydrogen (secondary N) is 2. The average Bonchev–Trinajstić information content (AvgIpc) is 2.70. The zero-order valence-corrected chi connectivity index (χ0v) is 8.04. The number of nitrogens with two attached hydrogens (primary N) is 1. The lowest BCUT2D eigenvalue weighted by atomic mass is 10.1. The number of aromatic amines is 1. The summed E-state index contributed by atoms with van der Waals surface area (Å²) in [7, 11) is 1.90. The second-order valence-corrected chi connectivity index (χ2v) is 3.14. The van der Waals surface area contributed by atoms with Gasteiger partial charge in [-0.15, -0.1) is 0 Å². The van der Waals surface area contributed by atoms with Crippen molar-refractivity contribution in [3.05, 3.63) is 36.5 Å². The molecule has 0 aliphatic heterocycles. The van der Waals surface area contributed by atoms with Crippen molar-refractivity contribution in [2.75, 3.05) is 18.1 Å². The van der Waals surface area contributed by atoms with Crippen LogP contribution < -0.4 is 11.1 Å². The molecule has 14 heavy (non-hydrogen) atoms. The van der Waals surface area contributed by atoms with Gasteiger partial charge in [0.1, 0.15) is 0 Å². The van der Waals surface area contributed by atoms with Crippen LogP contribution in [0.4, 0.5) is 11.4 Å². The highest BCUT2D eigenvalue weighted by atomic mass is 14.8. The summed E-state index contributed by atoms with van der Waals surface area (Å²) in [5.74, 6) is 0. The molecule has 0 spiro atoms. The van der Waals surface area contributed by atoms with Crippen LogP contribution in [0, 0.1) is 0 Å². The summed E-state index contributed by atoms with van der Waals surface area (Å²) in [6, 6.07) is 9.81. The van der Waals surface area contributed by atoms with E-state index in [1.165, 1.54) is 0 Å². The highest BCUT2D eigenvalue weighted by molar-refractivity contribution is 5.78. The second-order valence-electron chi connectivity index (χ2n) is 3.14. The van der Waals surface area contributed by atoms with Crippen LogP contribution in [0.5, 0.6) is 0 Å². The zero-order valence-electron chi connectivity index (χ0n) is 8.04. The molecule has 0 amide bonds. The molecule has 0 bridgehead atoms. The Labute approximate surface area is 83.0 Å². The molecule has 2 rings (SSSR count). The number of anilines is 2. The van der Waals surface area contributed by atoms with Gasteiger partial charge in [0.15, 0.2) is 0 Å². The normalized spacial score (nSPS) is 10.1. The highest BCUT2D eigenvalue weighted by Crippen LogP contribution is 2.28. The fourth-order valence-corrected chi connectivity index (χ4v) is 1.50. The van der Waals surface area contributed by atoms with E-state index >= 15 is 0 Å². The van der Waals surface area contributed by atoms with Gasteiger partial charge >= 0.3 is 0 Å². The predicted molar refractivity (Wildman–Crippen MR) is 60.2 cm³/mol. The number of benzene rings is 1. The molecule has 2 aromatic rings. The van der Waals surface area contributed by atoms with Crippen LogP contribution in [0.2, 0.25) is 0 Å². The summed E-state index contributed by atoms with van der Waals surface area (Å²) >= 11 is 0. The van der Waals surface area contributed by atoms with Crippen molar-refractivity contribution in [2.45, 2.75) is 0 Å². The third kappa shape index (κ3) is 1.44. The van der Waals surface area contributed by atoms with Gasteiger partial charge in [-0.1, -0.05) is 0 Å². The predicted octanol–water partition coefficient (Wildman–Crippen LogP) is 2.31. The van der Waals surface area contributed by atoms with E-state index in [1.807, 2.05) is 43.6 Å². The first-order chi connectivity index (χ1) is 6.81. The van der Waals surface area contributed by atoms with Gasteiger partial charge in [-0.05, 0) is 30.3 Å². The highest BCUT2D eigenvalue weighted by Gasteiger charge is 2.04. The number of hydrogen-bond donors (Lipinski definition) is 3. The van der Waals surface area contributed by atoms with Crippen LogP contribution in [0.1, 0.15) is 0 Å². The van der Waals surface area contributed by atoms with Crippen LogP contribution in [0.3, 0.4) is 0 Å². The number of nitrogen functional groups attached to an aromatic ring is 1. The summed E-state index contributed by atoms with van der Waals surface area (Å²) in [4.78, 5) is 3.16. The molecule has 0 radical (unpaired) electrons. The Morgan fingerprint density at radius 1 is 1.29 bits per heavy atom. The summed E-state index contributed by atoms with van der Waals surface area (Å²) in [5.41, 5.74) is 9.76. The molecule has 0 fully saturated rings. The lowest BCUT2D eigenvalue weighted by Gasteiger charge is -2.08. The first-order valence-electron chi connectivity index (χ1n) is 4.52. The maximum absolute atomic E-state index is 5.75. The number of hydrogen-bond acceptors (Lipinski definition) is 2. The molecule has 0 unspecified atom stereocenters. The summed E-state index contributed by atoms with van der Waals surface area (Å²) in [5, 5.41) is 3.14. The van der Waals surface area contributed by atoms with Crippen molar-refractivity contribution in [1.29, 1.82) is 0 Å². The molecule has 0 aliphatic rings. The monoisotopic (exact) mass is 187 g/mol. The molecule has 1 heterocycles. The van der Waals surface area contributed by atoms with Gasteiger partial charge in [0.05, 0.1) is 0 Å². The molecule has 4 N–H and O–H groups in total. The van der Waals surface area contributed by atoms with E-state index in [1.54, 1.807) is 0 Å². The molecule has 72 valence electrons. The van der Waals surface area contributed by atoms with Gasteiger partial charge in [-0.25, -0.2) is 0 Å². The first kappa shape index (κ1) is 8.69. The topological polar surface area (TPSA) is 53.8 Å². The van der Waals surface area contributed by atoms with Gasteiger partial charge in [-0.2, -0.15) is 0 Å². The Morgan fingerprint density at radius 2 is 2.14 bits per heavy atom. The van der Waals surface area contributed by atoms with Crippen molar-refractivity contribution in [3.8, 4) is 11.3 Å². The van der Waals surface area contributed by atoms with Gasteiger partial charge < -0.3 is 16.0 Å². The fraction of sp³-hybridized carbons (Fsp3) is 0.0909. The van der Waals surface area contributed by atoms with Crippen molar-refractivity contribution in [3.63, 3.8) is 0 Å². The lowest BCUT2D eigenvalue weighted by molar-refractivity contribution is 1.39. The Hall–Kier alpha value is -1.90. The van der Waals surface area contributed by atoms with Gasteiger partial charge in [-0.3, -0.25) is 0 Å². The fourth-order valence-electron chi connectivity index (χ4n) is 1.50. The quantitative estimate of drug-likeness (QED) is 0.632. The number of rotatable bonds is 2. The number of aromatic nitrogens is 1. The van der Waals surface area contributed by atoms with Crippen molar-refractivity contribution in [2.24, 2.45) is 0 Å². The van der Waals surface area contributed by atoms with Crippen LogP contribution in [0.25, 0.3) is 11.3 Å². The summed E-state index contributed by atoms with van der Waals surface area (Å²) in [6.07, 6.45) is 1.90. The maximum Gasteiger partial charge on any atom is 0.0475 e. The standard InChI is InChI=1S/C11H13N3/c1-13-10-5-4-8(12)7-9(10)11-3-2-6-14-11/h2-7,13-14H,12H2,1H3. The second kappa shape index (κ2) is 3.46. The zero-order chi connectivity index (χ0) is 9.97. The van der Waals surface area contributed by atoms with Gasteiger partial charge in [0, 0.05) is 35.9 Å². The lowest BCUT2D eigenvalue weighted by Crippen LogP contribution is -1.94. The van der Waals surface area contributed by atoms with Crippen molar-refractivity contribution in [1.82, 2.24) is 4.98 Å². The molecular weight excluding hydrogens is 174 g/mol. The van der Waals surface area contributed by atoms with Crippen molar-refractivity contribution < 1.29 is 0 Å². The minimum absolute atomic E-state index is 0.772. The molecule has 0 aliphatic carbocycles. The van der Waals surface area contributed by atoms with Crippen LogP contribution in [-0.2, 0) is 0 Å². The maximum atomic E-state index is 5.75.